The summed E-state index contributed by atoms with van der Waals surface area (Å²) >= 11 is 0. The van der Waals surface area contributed by atoms with E-state index in [-0.39, 0.29) is 12.5 Å². The van der Waals surface area contributed by atoms with Crippen molar-refractivity contribution >= 4 is 11.9 Å². The Morgan fingerprint density at radius 1 is 1.22 bits per heavy atom. The topological polar surface area (TPSA) is 70.1 Å². The minimum atomic E-state index is -1.01. The zero-order valence-electron chi connectivity index (χ0n) is 14.1. The van der Waals surface area contributed by atoms with E-state index in [2.05, 4.69) is 0 Å². The van der Waals surface area contributed by atoms with Crippen molar-refractivity contribution < 1.29 is 19.4 Å². The fourth-order valence-electron chi connectivity index (χ4n) is 2.61. The van der Waals surface area contributed by atoms with Crippen molar-refractivity contribution in [2.75, 3.05) is 33.7 Å². The summed E-state index contributed by atoms with van der Waals surface area (Å²) in [5.74, 6) is -0.547. The third-order valence-electron chi connectivity index (χ3n) is 4.08. The van der Waals surface area contributed by atoms with Gasteiger partial charge in [0.15, 0.2) is 6.10 Å². The highest BCUT2D eigenvalue weighted by atomic mass is 16.5. The van der Waals surface area contributed by atoms with Crippen LogP contribution in [-0.2, 0) is 16.0 Å². The number of ether oxygens (including phenoxy) is 1. The molecule has 0 spiro atoms. The van der Waals surface area contributed by atoms with E-state index in [0.717, 1.165) is 22.4 Å². The van der Waals surface area contributed by atoms with Gasteiger partial charge in [0.2, 0.25) is 0 Å². The van der Waals surface area contributed by atoms with Crippen molar-refractivity contribution in [3.8, 4) is 5.75 Å². The van der Waals surface area contributed by atoms with Crippen LogP contribution in [0.5, 0.6) is 5.75 Å². The Morgan fingerprint density at radius 2 is 1.87 bits per heavy atom. The normalized spacial score (nSPS) is 16.1. The lowest BCUT2D eigenvalue weighted by Gasteiger charge is -2.25. The molecule has 1 heterocycles. The Bertz CT molecular complexity index is 582. The number of aliphatic carboxylic acids is 1. The highest BCUT2D eigenvalue weighted by molar-refractivity contribution is 5.86. The van der Waals surface area contributed by atoms with Crippen LogP contribution < -0.4 is 4.74 Å². The maximum atomic E-state index is 12.7. The van der Waals surface area contributed by atoms with Gasteiger partial charge in [-0.1, -0.05) is 6.07 Å². The minimum Gasteiger partial charge on any atom is -0.480 e. The maximum absolute atomic E-state index is 12.7. The number of carboxylic acid groups (broad SMARTS) is 1. The van der Waals surface area contributed by atoms with Crippen LogP contribution in [0.15, 0.2) is 12.1 Å². The van der Waals surface area contributed by atoms with Gasteiger partial charge in [-0.15, -0.1) is 0 Å². The first kappa shape index (κ1) is 17.3. The van der Waals surface area contributed by atoms with E-state index in [9.17, 15) is 9.59 Å². The number of carbonyl (C=O) groups is 2. The smallest absolute Gasteiger partial charge is 0.323 e. The number of nitrogens with zero attached hydrogens (tertiary/aromatic N) is 2. The molecule has 0 aliphatic carbocycles. The number of likely N-dealkylation sites (N-methyl/N-ethyl adjacent to an activating group) is 1. The number of benzene rings is 1. The van der Waals surface area contributed by atoms with Gasteiger partial charge in [-0.05, 0) is 50.7 Å². The number of hydrogen-bond acceptors (Lipinski definition) is 4. The molecule has 6 heteroatoms. The Balaban J connectivity index is 2.10. The van der Waals surface area contributed by atoms with Gasteiger partial charge in [-0.2, -0.15) is 0 Å². The summed E-state index contributed by atoms with van der Waals surface area (Å²) < 4.78 is 5.78. The fourth-order valence-corrected chi connectivity index (χ4v) is 2.61. The van der Waals surface area contributed by atoms with E-state index >= 15 is 0 Å². The van der Waals surface area contributed by atoms with Gasteiger partial charge < -0.3 is 19.6 Å². The molecule has 0 fully saturated rings. The van der Waals surface area contributed by atoms with Crippen molar-refractivity contribution in [1.29, 1.82) is 0 Å². The molecule has 23 heavy (non-hydrogen) atoms. The van der Waals surface area contributed by atoms with E-state index in [1.54, 1.807) is 0 Å². The second-order valence-electron chi connectivity index (χ2n) is 6.31. The lowest BCUT2D eigenvalue weighted by atomic mass is 10.0. The molecule has 0 saturated heterocycles. The molecular formula is C17H24N2O4. The second kappa shape index (κ2) is 7.00. The zero-order valence-corrected chi connectivity index (χ0v) is 14.1. The molecule has 6 nitrogen and oxygen atoms in total. The molecule has 0 unspecified atom stereocenters. The van der Waals surface area contributed by atoms with Gasteiger partial charge >= 0.3 is 5.97 Å². The molecule has 2 rings (SSSR count). The van der Waals surface area contributed by atoms with E-state index in [4.69, 9.17) is 9.84 Å². The van der Waals surface area contributed by atoms with Crippen molar-refractivity contribution in [2.45, 2.75) is 26.4 Å². The number of rotatable bonds is 6. The summed E-state index contributed by atoms with van der Waals surface area (Å²) in [6.07, 6.45) is -0.138. The van der Waals surface area contributed by atoms with Crippen molar-refractivity contribution in [2.24, 2.45) is 0 Å². The maximum Gasteiger partial charge on any atom is 0.323 e. The summed E-state index contributed by atoms with van der Waals surface area (Å²) in [6, 6.07) is 3.98. The number of carbonyl (C=O) groups excluding carboxylic acids is 1. The highest BCUT2D eigenvalue weighted by Gasteiger charge is 2.33. The Hall–Kier alpha value is -2.08. The molecule has 1 atom stereocenters. The average Bonchev–Trinajstić information content (AvgIpc) is 2.85. The van der Waals surface area contributed by atoms with E-state index in [0.29, 0.717) is 19.5 Å². The van der Waals surface area contributed by atoms with Crippen LogP contribution in [-0.4, -0.2) is 66.6 Å². The van der Waals surface area contributed by atoms with Gasteiger partial charge in [0.25, 0.3) is 5.91 Å². The van der Waals surface area contributed by atoms with Crippen LogP contribution >= 0.6 is 0 Å². The standard InChI is InChI=1S/C17H24N2O4/c1-11-7-13-9-15(23-14(13)8-12(11)2)17(22)19(10-16(20)21)6-5-18(3)4/h7-8,15H,5-6,9-10H2,1-4H3,(H,20,21)/t15-/m0/s1. The van der Waals surface area contributed by atoms with Gasteiger partial charge in [-0.25, -0.2) is 0 Å². The lowest BCUT2D eigenvalue weighted by molar-refractivity contribution is -0.147. The van der Waals surface area contributed by atoms with E-state index in [1.165, 1.54) is 4.90 Å². The Labute approximate surface area is 136 Å². The molecule has 1 aromatic carbocycles. The number of carboxylic acids is 1. The molecule has 1 aromatic rings. The van der Waals surface area contributed by atoms with Gasteiger partial charge in [0.05, 0.1) is 0 Å². The van der Waals surface area contributed by atoms with Gasteiger partial charge in [-0.3, -0.25) is 9.59 Å². The van der Waals surface area contributed by atoms with Crippen LogP contribution in [0.1, 0.15) is 16.7 Å². The molecule has 126 valence electrons. The number of hydrogen-bond donors (Lipinski definition) is 1. The second-order valence-corrected chi connectivity index (χ2v) is 6.31. The predicted molar refractivity (Wildman–Crippen MR) is 86.8 cm³/mol. The first-order valence-electron chi connectivity index (χ1n) is 7.70. The van der Waals surface area contributed by atoms with Crippen molar-refractivity contribution in [3.05, 3.63) is 28.8 Å². The minimum absolute atomic E-state index is 0.263. The average molecular weight is 320 g/mol. The zero-order chi connectivity index (χ0) is 17.1. The van der Waals surface area contributed by atoms with E-state index < -0.39 is 12.1 Å². The number of fused-ring (bicyclic) bond motifs is 1. The largest absolute Gasteiger partial charge is 0.480 e. The molecule has 0 aromatic heterocycles. The first-order chi connectivity index (χ1) is 10.8. The van der Waals surface area contributed by atoms with Crippen LogP contribution in [0.2, 0.25) is 0 Å². The van der Waals surface area contributed by atoms with Gasteiger partial charge in [0.1, 0.15) is 12.3 Å². The quantitative estimate of drug-likeness (QED) is 0.849. The van der Waals surface area contributed by atoms with Crippen molar-refractivity contribution in [1.82, 2.24) is 9.80 Å². The summed E-state index contributed by atoms with van der Waals surface area (Å²) in [4.78, 5) is 27.0. The van der Waals surface area contributed by atoms with E-state index in [1.807, 2.05) is 45.0 Å². The molecule has 0 radical (unpaired) electrons. The summed E-state index contributed by atoms with van der Waals surface area (Å²) in [7, 11) is 3.77. The Kier molecular flexibility index (Phi) is 5.26. The van der Waals surface area contributed by atoms with Crippen LogP contribution in [0.3, 0.4) is 0 Å². The monoisotopic (exact) mass is 320 g/mol. The SMILES string of the molecule is Cc1cc2c(cc1C)O[C@H](C(=O)N(CCN(C)C)CC(=O)O)C2. The molecule has 0 saturated carbocycles. The molecule has 1 N–H and O–H groups in total. The van der Waals surface area contributed by atoms with Gasteiger partial charge in [0, 0.05) is 19.5 Å². The Morgan fingerprint density at radius 3 is 2.48 bits per heavy atom. The molecule has 1 aliphatic rings. The molecular weight excluding hydrogens is 296 g/mol. The number of amides is 1. The third-order valence-corrected chi connectivity index (χ3v) is 4.08. The fraction of sp³-hybridized carbons (Fsp3) is 0.529. The molecule has 0 bridgehead atoms. The summed E-state index contributed by atoms with van der Waals surface area (Å²) in [5, 5.41) is 9.04. The molecule has 1 aliphatic heterocycles. The third kappa shape index (κ3) is 4.22. The van der Waals surface area contributed by atoms with Crippen molar-refractivity contribution in [3.63, 3.8) is 0 Å². The molecule has 1 amide bonds. The number of aryl methyl sites for hydroxylation is 2. The highest BCUT2D eigenvalue weighted by Crippen LogP contribution is 2.32. The van der Waals surface area contributed by atoms with Crippen LogP contribution in [0.4, 0.5) is 0 Å². The van der Waals surface area contributed by atoms with Crippen LogP contribution in [0, 0.1) is 13.8 Å². The van der Waals surface area contributed by atoms with Crippen LogP contribution in [0.25, 0.3) is 0 Å². The predicted octanol–water partition coefficient (Wildman–Crippen LogP) is 1.08. The lowest BCUT2D eigenvalue weighted by Crippen LogP contribution is -2.46. The summed E-state index contributed by atoms with van der Waals surface area (Å²) in [5.41, 5.74) is 3.29. The summed E-state index contributed by atoms with van der Waals surface area (Å²) in [6.45, 7) is 4.70. The first-order valence-corrected chi connectivity index (χ1v) is 7.70.